The van der Waals surface area contributed by atoms with E-state index in [1.807, 2.05) is 5.32 Å². The van der Waals surface area contributed by atoms with Gasteiger partial charge in [-0.1, -0.05) is 17.4 Å². The van der Waals surface area contributed by atoms with E-state index in [1.165, 1.54) is 10.9 Å². The van der Waals surface area contributed by atoms with Crippen molar-refractivity contribution in [3.05, 3.63) is 41.7 Å². The number of nitrogens with zero attached hydrogens (tertiary/aromatic N) is 4. The third-order valence-corrected chi connectivity index (χ3v) is 7.52. The number of amides is 3. The molecule has 1 aliphatic rings. The van der Waals surface area contributed by atoms with Crippen molar-refractivity contribution in [2.75, 3.05) is 28.6 Å². The number of aliphatic hydroxyl groups excluding tert-OH is 1. The Kier molecular flexibility index (Phi) is 9.67. The van der Waals surface area contributed by atoms with E-state index in [9.17, 15) is 41.4 Å². The lowest BCUT2D eigenvalue weighted by molar-refractivity contribution is -0.175. The molecule has 244 valence electrons. The molecule has 0 spiro atoms. The van der Waals surface area contributed by atoms with Gasteiger partial charge < -0.3 is 25.4 Å². The summed E-state index contributed by atoms with van der Waals surface area (Å²) in [5.74, 6) is -4.62. The van der Waals surface area contributed by atoms with Crippen LogP contribution in [-0.2, 0) is 16.6 Å². The van der Waals surface area contributed by atoms with E-state index >= 15 is 0 Å². The number of nitrogens with one attached hydrogen (secondary N) is 3. The van der Waals surface area contributed by atoms with Crippen molar-refractivity contribution in [1.82, 2.24) is 20.1 Å². The first-order chi connectivity index (χ1) is 20.9. The third kappa shape index (κ3) is 8.05. The van der Waals surface area contributed by atoms with Crippen LogP contribution in [0.2, 0.25) is 0 Å². The molecule has 1 saturated heterocycles. The summed E-state index contributed by atoms with van der Waals surface area (Å²) in [5, 5.41) is 21.0. The van der Waals surface area contributed by atoms with Gasteiger partial charge in [-0.25, -0.2) is 18.6 Å². The quantitative estimate of drug-likeness (QED) is 0.284. The van der Waals surface area contributed by atoms with Gasteiger partial charge in [0.2, 0.25) is 0 Å². The maximum absolute atomic E-state index is 14.6. The Balaban J connectivity index is 1.61. The van der Waals surface area contributed by atoms with Gasteiger partial charge in [0.15, 0.2) is 11.5 Å². The van der Waals surface area contributed by atoms with Gasteiger partial charge in [0.25, 0.3) is 5.91 Å². The lowest BCUT2D eigenvalue weighted by Gasteiger charge is -2.24. The number of halogens is 5. The van der Waals surface area contributed by atoms with Gasteiger partial charge in [0, 0.05) is 20.1 Å². The number of carbonyl (C=O) groups excluding carboxylic acids is 3. The number of aromatic nitrogens is 3. The third-order valence-electron chi connectivity index (χ3n) is 6.53. The van der Waals surface area contributed by atoms with Crippen LogP contribution in [0.5, 0.6) is 0 Å². The lowest BCUT2D eigenvalue weighted by atomic mass is 10.1. The van der Waals surface area contributed by atoms with Crippen molar-refractivity contribution in [2.45, 2.75) is 57.5 Å². The monoisotopic (exact) mass is 659 g/mol. The maximum atomic E-state index is 14.6. The first-order valence-corrected chi connectivity index (χ1v) is 14.4. The molecule has 0 radical (unpaired) electrons. The lowest BCUT2D eigenvalue weighted by Crippen LogP contribution is -2.48. The molecule has 18 heteroatoms. The Labute approximate surface area is 257 Å². The molecule has 1 fully saturated rings. The first kappa shape index (κ1) is 33.6. The van der Waals surface area contributed by atoms with Crippen molar-refractivity contribution >= 4 is 45.8 Å². The van der Waals surface area contributed by atoms with E-state index in [1.54, 1.807) is 32.7 Å². The van der Waals surface area contributed by atoms with Crippen molar-refractivity contribution < 1.29 is 46.2 Å². The second-order valence-electron chi connectivity index (χ2n) is 11.1. The topological polar surface area (TPSA) is 151 Å². The van der Waals surface area contributed by atoms with Gasteiger partial charge in [-0.2, -0.15) is 18.3 Å². The molecule has 2 aromatic heterocycles. The number of thiazole rings is 1. The number of rotatable bonds is 6. The number of hydrogen-bond acceptors (Lipinski definition) is 9. The van der Waals surface area contributed by atoms with Crippen molar-refractivity contribution in [3.63, 3.8) is 0 Å². The van der Waals surface area contributed by atoms with Crippen LogP contribution in [-0.4, -0.2) is 74.8 Å². The normalized spacial score (nSPS) is 17.4. The van der Waals surface area contributed by atoms with Crippen LogP contribution in [0.15, 0.2) is 24.4 Å². The zero-order valence-electron chi connectivity index (χ0n) is 24.5. The van der Waals surface area contributed by atoms with E-state index in [-0.39, 0.29) is 47.3 Å². The van der Waals surface area contributed by atoms with Crippen LogP contribution in [0, 0.1) is 11.6 Å². The predicted octanol–water partition coefficient (Wildman–Crippen LogP) is 4.43. The molecule has 12 nitrogen and oxygen atoms in total. The molecule has 0 saturated carbocycles. The van der Waals surface area contributed by atoms with Crippen LogP contribution in [0.3, 0.4) is 0 Å². The highest BCUT2D eigenvalue weighted by Crippen LogP contribution is 2.36. The van der Waals surface area contributed by atoms with Gasteiger partial charge in [-0.05, 0) is 45.7 Å². The zero-order chi connectivity index (χ0) is 33.3. The number of hydrogen-bond donors (Lipinski definition) is 4. The summed E-state index contributed by atoms with van der Waals surface area (Å²) < 4.78 is 74.2. The summed E-state index contributed by atoms with van der Waals surface area (Å²) in [4.78, 5) is 43.3. The van der Waals surface area contributed by atoms with Crippen molar-refractivity contribution in [2.24, 2.45) is 7.05 Å². The van der Waals surface area contributed by atoms with E-state index in [0.29, 0.717) is 17.2 Å². The minimum absolute atomic E-state index is 0.0189. The molecular weight excluding hydrogens is 629 g/mol. The summed E-state index contributed by atoms with van der Waals surface area (Å²) >= 11 is 0.644. The van der Waals surface area contributed by atoms with Crippen LogP contribution in [0.4, 0.5) is 43.3 Å². The number of alkyl halides is 3. The number of benzene rings is 1. The molecule has 4 N–H and O–H groups in total. The Bertz CT molecular complexity index is 1570. The maximum Gasteiger partial charge on any atom is 0.471 e. The number of anilines is 3. The molecule has 0 bridgehead atoms. The summed E-state index contributed by atoms with van der Waals surface area (Å²) in [7, 11) is 1.55. The number of ether oxygens (including phenoxy) is 1. The summed E-state index contributed by atoms with van der Waals surface area (Å²) in [5.41, 5.74) is -1.67. The van der Waals surface area contributed by atoms with Gasteiger partial charge in [-0.15, -0.1) is 0 Å². The minimum Gasteiger partial charge on any atom is -0.444 e. The van der Waals surface area contributed by atoms with Gasteiger partial charge in [-0.3, -0.25) is 19.6 Å². The molecule has 1 aromatic carbocycles. The molecule has 3 aromatic rings. The molecule has 0 aliphatic carbocycles. The Morgan fingerprint density at radius 2 is 1.71 bits per heavy atom. The van der Waals surface area contributed by atoms with E-state index in [2.05, 4.69) is 20.7 Å². The standard InChI is InChI=1S/C27H30F5N7O5S/c1-26(2,3)44-25(43)37-22-19(36-21(45-22)18-13(28)6-5-7-14(18)29)20(41)34-16-12-33-38(4)23(16)39-10-8-15(17(40)9-11-39)35-24(42)27(30,31)32/h5-7,12,15,17,40H,8-11H2,1-4H3,(H,34,41)(H,35,42)(H,37,43). The highest BCUT2D eigenvalue weighted by Gasteiger charge is 2.41. The van der Waals surface area contributed by atoms with Crippen LogP contribution >= 0.6 is 11.3 Å². The fraction of sp³-hybridized carbons (Fsp3) is 0.444. The highest BCUT2D eigenvalue weighted by molar-refractivity contribution is 7.19. The average molecular weight is 660 g/mol. The molecule has 2 unspecified atom stereocenters. The molecule has 1 aliphatic heterocycles. The van der Waals surface area contributed by atoms with E-state index in [0.717, 1.165) is 18.2 Å². The molecule has 4 rings (SSSR count). The van der Waals surface area contributed by atoms with E-state index < -0.39 is 59.0 Å². The van der Waals surface area contributed by atoms with Crippen LogP contribution in [0.1, 0.15) is 44.1 Å². The predicted molar refractivity (Wildman–Crippen MR) is 154 cm³/mol. The fourth-order valence-electron chi connectivity index (χ4n) is 4.56. The second kappa shape index (κ2) is 13.0. The Hall–Kier alpha value is -4.32. The van der Waals surface area contributed by atoms with Gasteiger partial charge >= 0.3 is 18.2 Å². The second-order valence-corrected chi connectivity index (χ2v) is 12.1. The summed E-state index contributed by atoms with van der Waals surface area (Å²) in [6.07, 6.45) is -6.12. The van der Waals surface area contributed by atoms with Crippen molar-refractivity contribution in [3.8, 4) is 10.6 Å². The van der Waals surface area contributed by atoms with E-state index in [4.69, 9.17) is 4.74 Å². The van der Waals surface area contributed by atoms with Crippen LogP contribution < -0.4 is 20.9 Å². The average Bonchev–Trinajstić information content (AvgIpc) is 3.43. The van der Waals surface area contributed by atoms with Crippen molar-refractivity contribution in [1.29, 1.82) is 0 Å². The largest absolute Gasteiger partial charge is 0.471 e. The Morgan fingerprint density at radius 1 is 1.07 bits per heavy atom. The fourth-order valence-corrected chi connectivity index (χ4v) is 5.56. The molecule has 3 heterocycles. The molecule has 3 amide bonds. The highest BCUT2D eigenvalue weighted by atomic mass is 32.1. The number of carbonyl (C=O) groups is 3. The number of aryl methyl sites for hydroxylation is 1. The molecular formula is C27H30F5N7O5S. The zero-order valence-corrected chi connectivity index (χ0v) is 25.3. The summed E-state index contributed by atoms with van der Waals surface area (Å²) in [6.45, 7) is 5.05. The first-order valence-electron chi connectivity index (χ1n) is 13.5. The van der Waals surface area contributed by atoms with Crippen LogP contribution in [0.25, 0.3) is 10.6 Å². The molecule has 2 atom stereocenters. The smallest absolute Gasteiger partial charge is 0.444 e. The molecule has 45 heavy (non-hydrogen) atoms. The van der Waals surface area contributed by atoms with Gasteiger partial charge in [0.05, 0.1) is 23.9 Å². The SMILES string of the molecule is Cn1ncc(NC(=O)c2nc(-c3c(F)cccc3F)sc2NC(=O)OC(C)(C)C)c1N1CCC(O)C(NC(=O)C(F)(F)F)CC1. The Morgan fingerprint density at radius 3 is 2.33 bits per heavy atom. The summed E-state index contributed by atoms with van der Waals surface area (Å²) in [6, 6.07) is 2.01. The number of aliphatic hydroxyl groups is 1. The van der Waals surface area contributed by atoms with Gasteiger partial charge in [0.1, 0.15) is 32.9 Å². The minimum atomic E-state index is -5.12.